The Kier molecular flexibility index (Phi) is 4.55. The van der Waals surface area contributed by atoms with Crippen LogP contribution in [0.5, 0.6) is 0 Å². The van der Waals surface area contributed by atoms with Gasteiger partial charge in [-0.1, -0.05) is 11.6 Å². The lowest BCUT2D eigenvalue weighted by molar-refractivity contribution is -0.136. The number of aliphatic carboxylic acids is 1. The van der Waals surface area contributed by atoms with Gasteiger partial charge in [-0.05, 0) is 24.1 Å². The van der Waals surface area contributed by atoms with Crippen LogP contribution >= 0.6 is 11.6 Å². The molecule has 0 saturated heterocycles. The van der Waals surface area contributed by atoms with Crippen molar-refractivity contribution in [1.82, 2.24) is 14.3 Å². The Morgan fingerprint density at radius 2 is 2.09 bits per heavy atom. The Bertz CT molecular complexity index is 773. The molecule has 1 aromatic carbocycles. The summed E-state index contributed by atoms with van der Waals surface area (Å²) in [4.78, 5) is 22.3. The fraction of sp³-hybridized carbons (Fsp3) is 0.250. The molecule has 2 rings (SSSR count). The second kappa shape index (κ2) is 6.22. The Labute approximate surface area is 126 Å². The fourth-order valence-electron chi connectivity index (χ4n) is 1.79. The van der Waals surface area contributed by atoms with E-state index in [4.69, 9.17) is 16.7 Å². The van der Waals surface area contributed by atoms with E-state index in [0.717, 1.165) is 12.1 Å². The molecule has 0 unspecified atom stereocenters. The number of benzene rings is 1. The molecule has 1 N–H and O–H groups in total. The molecular formula is C12H9ClF3N3O3. The lowest BCUT2D eigenvalue weighted by Crippen LogP contribution is -2.24. The van der Waals surface area contributed by atoms with Crippen molar-refractivity contribution in [3.63, 3.8) is 0 Å². The zero-order valence-electron chi connectivity index (χ0n) is 10.8. The van der Waals surface area contributed by atoms with Gasteiger partial charge in [0, 0.05) is 11.4 Å². The van der Waals surface area contributed by atoms with Gasteiger partial charge in [-0.2, -0.15) is 18.6 Å². The number of rotatable bonds is 5. The lowest BCUT2D eigenvalue weighted by Gasteiger charge is -2.08. The zero-order chi connectivity index (χ0) is 16.4. The van der Waals surface area contributed by atoms with E-state index in [9.17, 15) is 22.8 Å². The predicted octanol–water partition coefficient (Wildman–Crippen LogP) is 2.24. The van der Waals surface area contributed by atoms with E-state index in [0.29, 0.717) is 11.0 Å². The normalized spacial score (nSPS) is 11.1. The average molecular weight is 336 g/mol. The number of halogens is 4. The third kappa shape index (κ3) is 3.14. The summed E-state index contributed by atoms with van der Waals surface area (Å²) in [6, 6.07) is 1.99. The van der Waals surface area contributed by atoms with E-state index in [1.165, 1.54) is 0 Å². The first-order chi connectivity index (χ1) is 10.3. The van der Waals surface area contributed by atoms with Crippen LogP contribution in [-0.2, 0) is 11.2 Å². The van der Waals surface area contributed by atoms with Crippen LogP contribution in [-0.4, -0.2) is 25.4 Å². The Hall–Kier alpha value is -2.29. The van der Waals surface area contributed by atoms with E-state index in [-0.39, 0.29) is 33.7 Å². The van der Waals surface area contributed by atoms with E-state index >= 15 is 0 Å². The van der Waals surface area contributed by atoms with E-state index < -0.39 is 24.0 Å². The number of carboxylic acids is 1. The molecule has 0 aliphatic carbocycles. The fourth-order valence-corrected chi connectivity index (χ4v) is 2.04. The van der Waals surface area contributed by atoms with Crippen LogP contribution in [0.3, 0.4) is 0 Å². The van der Waals surface area contributed by atoms with Gasteiger partial charge in [-0.15, -0.1) is 0 Å². The first-order valence-corrected chi connectivity index (χ1v) is 6.33. The Morgan fingerprint density at radius 3 is 2.64 bits per heavy atom. The molecule has 0 spiro atoms. The first-order valence-electron chi connectivity index (χ1n) is 5.95. The monoisotopic (exact) mass is 335 g/mol. The molecule has 0 atom stereocenters. The van der Waals surface area contributed by atoms with Gasteiger partial charge in [0.05, 0.1) is 0 Å². The number of alkyl halides is 2. The van der Waals surface area contributed by atoms with Gasteiger partial charge >= 0.3 is 18.2 Å². The van der Waals surface area contributed by atoms with Gasteiger partial charge in [-0.25, -0.2) is 13.8 Å². The molecule has 0 amide bonds. The highest BCUT2D eigenvalue weighted by Gasteiger charge is 2.18. The number of aryl methyl sites for hydroxylation is 1. The summed E-state index contributed by atoms with van der Waals surface area (Å²) in [5.41, 5.74) is -1.34. The maximum absolute atomic E-state index is 13.9. The van der Waals surface area contributed by atoms with Crippen LogP contribution in [0.15, 0.2) is 23.3 Å². The molecule has 10 heteroatoms. The predicted molar refractivity (Wildman–Crippen MR) is 70.0 cm³/mol. The number of hydrogen-bond donors (Lipinski definition) is 1. The Morgan fingerprint density at radius 1 is 1.41 bits per heavy atom. The Balaban J connectivity index is 2.49. The third-order valence-corrected chi connectivity index (χ3v) is 3.21. The SMILES string of the molecule is O=C(O)CCc1cc(-n2ncn(C(F)F)c2=O)c(F)cc1Cl. The summed E-state index contributed by atoms with van der Waals surface area (Å²) < 4.78 is 39.5. The van der Waals surface area contributed by atoms with Crippen molar-refractivity contribution in [2.45, 2.75) is 19.4 Å². The standard InChI is InChI=1S/C12H9ClF3N3O3/c13-7-4-8(14)9(3-6(7)1-2-10(20)21)19-12(22)18(5-17-19)11(15)16/h3-5,11H,1-2H2,(H,20,21). The van der Waals surface area contributed by atoms with Gasteiger partial charge < -0.3 is 5.11 Å². The minimum atomic E-state index is -3.11. The number of aromatic nitrogens is 3. The summed E-state index contributed by atoms with van der Waals surface area (Å²) >= 11 is 5.80. The molecular weight excluding hydrogens is 327 g/mol. The highest BCUT2D eigenvalue weighted by molar-refractivity contribution is 6.31. The summed E-state index contributed by atoms with van der Waals surface area (Å²) in [6.07, 6.45) is 0.314. The average Bonchev–Trinajstić information content (AvgIpc) is 2.79. The molecule has 118 valence electrons. The van der Waals surface area contributed by atoms with Crippen LogP contribution in [0.2, 0.25) is 5.02 Å². The number of carbonyl (C=O) groups is 1. The third-order valence-electron chi connectivity index (χ3n) is 2.86. The van der Waals surface area contributed by atoms with Crippen molar-refractivity contribution in [2.75, 3.05) is 0 Å². The van der Waals surface area contributed by atoms with Crippen molar-refractivity contribution in [3.8, 4) is 5.69 Å². The maximum Gasteiger partial charge on any atom is 0.355 e. The molecule has 0 saturated carbocycles. The quantitative estimate of drug-likeness (QED) is 0.909. The van der Waals surface area contributed by atoms with Gasteiger partial charge in [0.15, 0.2) is 5.82 Å². The highest BCUT2D eigenvalue weighted by atomic mass is 35.5. The summed E-state index contributed by atoms with van der Waals surface area (Å²) in [5.74, 6) is -2.02. The first kappa shape index (κ1) is 16.1. The number of nitrogens with zero attached hydrogens (tertiary/aromatic N) is 3. The van der Waals surface area contributed by atoms with Crippen molar-refractivity contribution >= 4 is 17.6 Å². The summed E-state index contributed by atoms with van der Waals surface area (Å²) in [6.45, 7) is -3.11. The number of carboxylic acid groups (broad SMARTS) is 1. The molecule has 0 radical (unpaired) electrons. The molecule has 1 heterocycles. The van der Waals surface area contributed by atoms with E-state index in [2.05, 4.69) is 5.10 Å². The molecule has 0 aliphatic heterocycles. The van der Waals surface area contributed by atoms with Gasteiger partial charge in [0.1, 0.15) is 12.0 Å². The van der Waals surface area contributed by atoms with Gasteiger partial charge in [0.2, 0.25) is 0 Å². The molecule has 0 fully saturated rings. The van der Waals surface area contributed by atoms with Crippen LogP contribution < -0.4 is 5.69 Å². The van der Waals surface area contributed by atoms with Crippen molar-refractivity contribution < 1.29 is 23.1 Å². The largest absolute Gasteiger partial charge is 0.481 e. The lowest BCUT2D eigenvalue weighted by atomic mass is 10.1. The van der Waals surface area contributed by atoms with Crippen LogP contribution in [0.25, 0.3) is 5.69 Å². The molecule has 6 nitrogen and oxygen atoms in total. The maximum atomic E-state index is 13.9. The van der Waals surface area contributed by atoms with Gasteiger partial charge in [-0.3, -0.25) is 4.79 Å². The summed E-state index contributed by atoms with van der Waals surface area (Å²) in [7, 11) is 0. The van der Waals surface area contributed by atoms with Crippen molar-refractivity contribution in [1.29, 1.82) is 0 Å². The van der Waals surface area contributed by atoms with Crippen molar-refractivity contribution in [2.24, 2.45) is 0 Å². The molecule has 0 aliphatic rings. The van der Waals surface area contributed by atoms with Crippen LogP contribution in [0.4, 0.5) is 13.2 Å². The van der Waals surface area contributed by atoms with E-state index in [1.807, 2.05) is 0 Å². The molecule has 0 bridgehead atoms. The topological polar surface area (TPSA) is 77.1 Å². The van der Waals surface area contributed by atoms with Crippen LogP contribution in [0, 0.1) is 5.82 Å². The van der Waals surface area contributed by atoms with Crippen LogP contribution in [0.1, 0.15) is 18.5 Å². The van der Waals surface area contributed by atoms with Crippen molar-refractivity contribution in [3.05, 3.63) is 45.3 Å². The van der Waals surface area contributed by atoms with E-state index in [1.54, 1.807) is 0 Å². The highest BCUT2D eigenvalue weighted by Crippen LogP contribution is 2.24. The van der Waals surface area contributed by atoms with Gasteiger partial charge in [0.25, 0.3) is 0 Å². The number of hydrogen-bond acceptors (Lipinski definition) is 3. The molecule has 2 aromatic rings. The minimum Gasteiger partial charge on any atom is -0.481 e. The second-order valence-electron chi connectivity index (χ2n) is 4.30. The summed E-state index contributed by atoms with van der Waals surface area (Å²) in [5, 5.41) is 12.0. The molecule has 22 heavy (non-hydrogen) atoms. The smallest absolute Gasteiger partial charge is 0.355 e. The zero-order valence-corrected chi connectivity index (χ0v) is 11.6. The molecule has 1 aromatic heterocycles. The minimum absolute atomic E-state index is 0.00818. The second-order valence-corrected chi connectivity index (χ2v) is 4.71.